The Morgan fingerprint density at radius 2 is 2.07 bits per heavy atom. The largest absolute Gasteiger partial charge is 0.487 e. The summed E-state index contributed by atoms with van der Waals surface area (Å²) in [7, 11) is 0. The van der Waals surface area contributed by atoms with Gasteiger partial charge in [0.05, 0.1) is 17.2 Å². The molecule has 0 spiro atoms. The maximum Gasteiger partial charge on any atom is 0.387 e. The van der Waals surface area contributed by atoms with E-state index in [9.17, 15) is 23.7 Å². The Morgan fingerprint density at radius 3 is 2.75 bits per heavy atom. The first-order valence-corrected chi connectivity index (χ1v) is 8.72. The van der Waals surface area contributed by atoms with Crippen LogP contribution in [0.15, 0.2) is 36.4 Å². The molecule has 0 saturated heterocycles. The first-order chi connectivity index (χ1) is 13.4. The standard InChI is InChI=1S/C19H18F2N2O5/c1-2-27-15-9-8-13(11-14(15)23(25)26)18(24)22-10-4-6-12-5-3-7-16(17(12)22)28-19(20)21/h3,5,7-9,11,19H,2,4,6,10H2,1H3. The molecule has 2 aromatic carbocycles. The summed E-state index contributed by atoms with van der Waals surface area (Å²) in [6.07, 6.45) is 1.25. The van der Waals surface area contributed by atoms with Crippen molar-refractivity contribution >= 4 is 17.3 Å². The highest BCUT2D eigenvalue weighted by Gasteiger charge is 2.29. The highest BCUT2D eigenvalue weighted by atomic mass is 19.3. The summed E-state index contributed by atoms with van der Waals surface area (Å²) in [6.45, 7) is -0.812. The van der Waals surface area contributed by atoms with E-state index in [0.717, 1.165) is 6.07 Å². The zero-order chi connectivity index (χ0) is 20.3. The number of fused-ring (bicyclic) bond motifs is 1. The molecule has 0 aromatic heterocycles. The average Bonchev–Trinajstić information content (AvgIpc) is 2.67. The monoisotopic (exact) mass is 392 g/mol. The van der Waals surface area contributed by atoms with E-state index in [2.05, 4.69) is 4.74 Å². The van der Waals surface area contributed by atoms with Crippen LogP contribution in [0.2, 0.25) is 0 Å². The summed E-state index contributed by atoms with van der Waals surface area (Å²) in [5.74, 6) is -0.566. The quantitative estimate of drug-likeness (QED) is 0.544. The molecule has 2 aromatic rings. The molecule has 28 heavy (non-hydrogen) atoms. The van der Waals surface area contributed by atoms with Crippen molar-refractivity contribution in [1.82, 2.24) is 0 Å². The number of carbonyl (C=O) groups excluding carboxylic acids is 1. The van der Waals surface area contributed by atoms with Crippen LogP contribution in [-0.4, -0.2) is 30.6 Å². The SMILES string of the molecule is CCOc1ccc(C(=O)N2CCCc3cccc(OC(F)F)c32)cc1[N+](=O)[O-]. The molecule has 0 unspecified atom stereocenters. The number of carbonyl (C=O) groups is 1. The van der Waals surface area contributed by atoms with Crippen LogP contribution in [0.1, 0.15) is 29.3 Å². The summed E-state index contributed by atoms with van der Waals surface area (Å²) >= 11 is 0. The predicted molar refractivity (Wildman–Crippen MR) is 97.3 cm³/mol. The topological polar surface area (TPSA) is 81.9 Å². The van der Waals surface area contributed by atoms with Gasteiger partial charge in [-0.2, -0.15) is 8.78 Å². The van der Waals surface area contributed by atoms with Crippen molar-refractivity contribution in [1.29, 1.82) is 0 Å². The van der Waals surface area contributed by atoms with Gasteiger partial charge >= 0.3 is 12.3 Å². The number of halogens is 2. The third kappa shape index (κ3) is 3.88. The molecule has 1 amide bonds. The van der Waals surface area contributed by atoms with E-state index in [4.69, 9.17) is 4.74 Å². The highest BCUT2D eigenvalue weighted by Crippen LogP contribution is 2.38. The zero-order valence-corrected chi connectivity index (χ0v) is 15.1. The fourth-order valence-corrected chi connectivity index (χ4v) is 3.24. The van der Waals surface area contributed by atoms with Crippen LogP contribution in [0.4, 0.5) is 20.2 Å². The number of nitro benzene ring substituents is 1. The lowest BCUT2D eigenvalue weighted by atomic mass is 10.00. The number of anilines is 1. The minimum atomic E-state index is -3.03. The molecule has 1 aliphatic rings. The first kappa shape index (κ1) is 19.5. The van der Waals surface area contributed by atoms with E-state index in [-0.39, 0.29) is 41.6 Å². The number of benzene rings is 2. The van der Waals surface area contributed by atoms with Gasteiger partial charge in [0.2, 0.25) is 0 Å². The molecule has 0 bridgehead atoms. The molecule has 1 heterocycles. The van der Waals surface area contributed by atoms with Crippen LogP contribution in [0.3, 0.4) is 0 Å². The van der Waals surface area contributed by atoms with Crippen molar-refractivity contribution in [2.24, 2.45) is 0 Å². The Hall–Kier alpha value is -3.23. The van der Waals surface area contributed by atoms with Gasteiger partial charge < -0.3 is 14.4 Å². The molecule has 0 N–H and O–H groups in total. The van der Waals surface area contributed by atoms with Crippen LogP contribution in [0.5, 0.6) is 11.5 Å². The third-order valence-electron chi connectivity index (χ3n) is 4.34. The van der Waals surface area contributed by atoms with Crippen molar-refractivity contribution in [3.8, 4) is 11.5 Å². The zero-order valence-electron chi connectivity index (χ0n) is 15.1. The normalized spacial score (nSPS) is 13.2. The average molecular weight is 392 g/mol. The van der Waals surface area contributed by atoms with Gasteiger partial charge in [-0.3, -0.25) is 14.9 Å². The molecule has 7 nitrogen and oxygen atoms in total. The van der Waals surface area contributed by atoms with E-state index in [1.165, 1.54) is 23.1 Å². The van der Waals surface area contributed by atoms with Gasteiger partial charge in [0.25, 0.3) is 5.91 Å². The number of alkyl halides is 2. The summed E-state index contributed by atoms with van der Waals surface area (Å²) < 4.78 is 35.4. The van der Waals surface area contributed by atoms with Gasteiger partial charge in [-0.1, -0.05) is 12.1 Å². The van der Waals surface area contributed by atoms with Crippen LogP contribution in [0, 0.1) is 10.1 Å². The minimum absolute atomic E-state index is 0.0600. The molecule has 9 heteroatoms. The lowest BCUT2D eigenvalue weighted by Gasteiger charge is -2.31. The summed E-state index contributed by atoms with van der Waals surface area (Å²) in [5, 5.41) is 11.3. The van der Waals surface area contributed by atoms with E-state index < -0.39 is 17.4 Å². The fourth-order valence-electron chi connectivity index (χ4n) is 3.24. The number of para-hydroxylation sites is 1. The van der Waals surface area contributed by atoms with Crippen molar-refractivity contribution in [2.45, 2.75) is 26.4 Å². The van der Waals surface area contributed by atoms with Gasteiger partial charge in [-0.15, -0.1) is 0 Å². The summed E-state index contributed by atoms with van der Waals surface area (Å²) in [6, 6.07) is 8.63. The van der Waals surface area contributed by atoms with Crippen LogP contribution < -0.4 is 14.4 Å². The molecule has 3 rings (SSSR count). The van der Waals surface area contributed by atoms with Crippen LogP contribution in [0.25, 0.3) is 0 Å². The number of hydrogen-bond acceptors (Lipinski definition) is 5. The van der Waals surface area contributed by atoms with E-state index >= 15 is 0 Å². The molecular formula is C19H18F2N2O5. The van der Waals surface area contributed by atoms with E-state index in [1.54, 1.807) is 19.1 Å². The molecule has 0 radical (unpaired) electrons. The summed E-state index contributed by atoms with van der Waals surface area (Å²) in [4.78, 5) is 25.1. The number of hydrogen-bond donors (Lipinski definition) is 0. The number of rotatable bonds is 6. The molecule has 1 aliphatic heterocycles. The summed E-state index contributed by atoms with van der Waals surface area (Å²) in [5.41, 5.74) is 0.714. The van der Waals surface area contributed by atoms with Gasteiger partial charge in [0.1, 0.15) is 5.75 Å². The smallest absolute Gasteiger partial charge is 0.387 e. The van der Waals surface area contributed by atoms with Gasteiger partial charge in [-0.05, 0) is 43.5 Å². The number of nitro groups is 1. The van der Waals surface area contributed by atoms with Crippen LogP contribution >= 0.6 is 0 Å². The molecule has 0 atom stereocenters. The lowest BCUT2D eigenvalue weighted by molar-refractivity contribution is -0.385. The predicted octanol–water partition coefficient (Wildman–Crippen LogP) is 4.19. The lowest BCUT2D eigenvalue weighted by Crippen LogP contribution is -2.36. The first-order valence-electron chi connectivity index (χ1n) is 8.72. The third-order valence-corrected chi connectivity index (χ3v) is 4.34. The van der Waals surface area contributed by atoms with Gasteiger partial charge in [0, 0.05) is 18.2 Å². The Bertz CT molecular complexity index is 904. The Morgan fingerprint density at radius 1 is 1.29 bits per heavy atom. The second-order valence-electron chi connectivity index (χ2n) is 6.08. The molecule has 0 fully saturated rings. The Balaban J connectivity index is 2.01. The van der Waals surface area contributed by atoms with Crippen molar-refractivity contribution < 1.29 is 28.0 Å². The second kappa shape index (κ2) is 8.20. The van der Waals surface area contributed by atoms with Crippen LogP contribution in [-0.2, 0) is 6.42 Å². The van der Waals surface area contributed by atoms with Crippen molar-refractivity contribution in [2.75, 3.05) is 18.1 Å². The minimum Gasteiger partial charge on any atom is -0.487 e. The van der Waals surface area contributed by atoms with E-state index in [1.807, 2.05) is 0 Å². The van der Waals surface area contributed by atoms with Gasteiger partial charge in [-0.25, -0.2) is 0 Å². The molecule has 0 saturated carbocycles. The molecular weight excluding hydrogens is 374 g/mol. The molecule has 0 aliphatic carbocycles. The maximum atomic E-state index is 13.1. The number of aryl methyl sites for hydroxylation is 1. The Kier molecular flexibility index (Phi) is 5.72. The van der Waals surface area contributed by atoms with Crippen molar-refractivity contribution in [3.63, 3.8) is 0 Å². The second-order valence-corrected chi connectivity index (χ2v) is 6.08. The number of nitrogens with zero attached hydrogens (tertiary/aromatic N) is 2. The fraction of sp³-hybridized carbons (Fsp3) is 0.316. The number of ether oxygens (including phenoxy) is 2. The number of amides is 1. The molecule has 148 valence electrons. The maximum absolute atomic E-state index is 13.1. The van der Waals surface area contributed by atoms with Crippen molar-refractivity contribution in [3.05, 3.63) is 57.6 Å². The van der Waals surface area contributed by atoms with E-state index in [0.29, 0.717) is 18.4 Å². The Labute approximate surface area is 159 Å². The van der Waals surface area contributed by atoms with Gasteiger partial charge in [0.15, 0.2) is 5.75 Å². The highest BCUT2D eigenvalue weighted by molar-refractivity contribution is 6.08.